The zero-order valence-corrected chi connectivity index (χ0v) is 12.9. The van der Waals surface area contributed by atoms with Crippen LogP contribution < -0.4 is 5.32 Å². The molecule has 102 valence electrons. The summed E-state index contributed by atoms with van der Waals surface area (Å²) in [6.45, 7) is 0.892. The molecular formula is C17H17BrN2. The molecule has 2 nitrogen and oxygen atoms in total. The van der Waals surface area contributed by atoms with Crippen LogP contribution in [0.15, 0.2) is 53.0 Å². The minimum absolute atomic E-state index is 0.683. The number of nitrogens with one attached hydrogen (secondary N) is 1. The highest BCUT2D eigenvalue weighted by Gasteiger charge is 2.01. The smallest absolute Gasteiger partial charge is 0.101 e. The van der Waals surface area contributed by atoms with E-state index in [9.17, 15) is 0 Å². The average Bonchev–Trinajstić information content (AvgIpc) is 2.49. The summed E-state index contributed by atoms with van der Waals surface area (Å²) in [7, 11) is 0. The van der Waals surface area contributed by atoms with Crippen molar-refractivity contribution in [1.29, 1.82) is 5.26 Å². The summed E-state index contributed by atoms with van der Waals surface area (Å²) < 4.78 is 0.934. The monoisotopic (exact) mass is 328 g/mol. The van der Waals surface area contributed by atoms with Gasteiger partial charge >= 0.3 is 0 Å². The first-order valence-corrected chi connectivity index (χ1v) is 7.56. The Kier molecular flexibility index (Phi) is 5.64. The van der Waals surface area contributed by atoms with E-state index in [0.29, 0.717) is 5.56 Å². The Labute approximate surface area is 128 Å². The summed E-state index contributed by atoms with van der Waals surface area (Å²) in [5.41, 5.74) is 2.98. The molecule has 0 unspecified atom stereocenters. The minimum Gasteiger partial charge on any atom is -0.384 e. The lowest BCUT2D eigenvalue weighted by Crippen LogP contribution is -2.03. The van der Waals surface area contributed by atoms with Gasteiger partial charge in [0.05, 0.1) is 11.3 Å². The highest BCUT2D eigenvalue weighted by atomic mass is 79.9. The van der Waals surface area contributed by atoms with Crippen molar-refractivity contribution in [3.8, 4) is 6.07 Å². The number of hydrogen-bond donors (Lipinski definition) is 1. The molecule has 0 amide bonds. The molecule has 0 fully saturated rings. The van der Waals surface area contributed by atoms with Gasteiger partial charge in [-0.1, -0.05) is 46.3 Å². The first-order valence-electron chi connectivity index (χ1n) is 6.77. The predicted octanol–water partition coefficient (Wildman–Crippen LogP) is 4.76. The summed E-state index contributed by atoms with van der Waals surface area (Å²) in [5.74, 6) is 0. The molecule has 2 aromatic carbocycles. The lowest BCUT2D eigenvalue weighted by molar-refractivity contribution is 0.763. The summed E-state index contributed by atoms with van der Waals surface area (Å²) in [4.78, 5) is 0. The van der Waals surface area contributed by atoms with E-state index in [0.717, 1.165) is 36.0 Å². The van der Waals surface area contributed by atoms with Crippen molar-refractivity contribution in [2.75, 3.05) is 11.9 Å². The molecule has 1 N–H and O–H groups in total. The van der Waals surface area contributed by atoms with Gasteiger partial charge < -0.3 is 5.32 Å². The number of rotatable bonds is 6. The van der Waals surface area contributed by atoms with Gasteiger partial charge in [0.2, 0.25) is 0 Å². The quantitative estimate of drug-likeness (QED) is 0.776. The number of benzene rings is 2. The van der Waals surface area contributed by atoms with Crippen LogP contribution in [0.2, 0.25) is 0 Å². The Morgan fingerprint density at radius 1 is 1.05 bits per heavy atom. The molecule has 0 saturated heterocycles. The zero-order valence-electron chi connectivity index (χ0n) is 11.3. The summed E-state index contributed by atoms with van der Waals surface area (Å²) >= 11 is 3.38. The molecule has 0 aliphatic heterocycles. The number of unbranched alkanes of at least 4 members (excludes halogenated alkanes) is 1. The van der Waals surface area contributed by atoms with E-state index in [2.05, 4.69) is 51.6 Å². The molecule has 0 radical (unpaired) electrons. The fourth-order valence-electron chi connectivity index (χ4n) is 2.08. The van der Waals surface area contributed by atoms with Gasteiger partial charge in [0.25, 0.3) is 0 Å². The van der Waals surface area contributed by atoms with Crippen LogP contribution in [0.1, 0.15) is 24.0 Å². The number of nitriles is 1. The van der Waals surface area contributed by atoms with Gasteiger partial charge in [-0.2, -0.15) is 5.26 Å². The lowest BCUT2D eigenvalue weighted by Gasteiger charge is -2.08. The Bertz CT molecular complexity index is 588. The maximum Gasteiger partial charge on any atom is 0.101 e. The molecule has 0 heterocycles. The zero-order chi connectivity index (χ0) is 14.2. The number of anilines is 1. The Balaban J connectivity index is 1.75. The van der Waals surface area contributed by atoms with Crippen molar-refractivity contribution < 1.29 is 0 Å². The van der Waals surface area contributed by atoms with Gasteiger partial charge in [-0.25, -0.2) is 0 Å². The molecule has 0 aliphatic rings. The van der Waals surface area contributed by atoms with Crippen molar-refractivity contribution in [1.82, 2.24) is 0 Å². The molecule has 20 heavy (non-hydrogen) atoms. The van der Waals surface area contributed by atoms with Gasteiger partial charge in [-0.15, -0.1) is 0 Å². The molecule has 0 spiro atoms. The van der Waals surface area contributed by atoms with E-state index in [1.54, 1.807) is 0 Å². The van der Waals surface area contributed by atoms with Gasteiger partial charge in [0.1, 0.15) is 6.07 Å². The van der Waals surface area contributed by atoms with Crippen molar-refractivity contribution in [3.05, 3.63) is 64.1 Å². The molecule has 0 aliphatic carbocycles. The maximum absolute atomic E-state index is 9.08. The van der Waals surface area contributed by atoms with Crippen LogP contribution in [0.25, 0.3) is 0 Å². The van der Waals surface area contributed by atoms with Crippen molar-refractivity contribution in [2.45, 2.75) is 19.3 Å². The van der Waals surface area contributed by atoms with E-state index in [1.165, 1.54) is 5.56 Å². The minimum atomic E-state index is 0.683. The fraction of sp³-hybridized carbons (Fsp3) is 0.235. The second kappa shape index (κ2) is 7.72. The van der Waals surface area contributed by atoms with Crippen LogP contribution >= 0.6 is 15.9 Å². The van der Waals surface area contributed by atoms with E-state index in [-0.39, 0.29) is 0 Å². The van der Waals surface area contributed by atoms with Crippen LogP contribution in [-0.2, 0) is 6.42 Å². The summed E-state index contributed by atoms with van der Waals surface area (Å²) in [6.07, 6.45) is 3.35. The van der Waals surface area contributed by atoms with Gasteiger partial charge in [-0.05, 0) is 43.0 Å². The second-order valence-corrected chi connectivity index (χ2v) is 5.59. The second-order valence-electron chi connectivity index (χ2n) is 4.67. The highest BCUT2D eigenvalue weighted by molar-refractivity contribution is 9.10. The van der Waals surface area contributed by atoms with Crippen molar-refractivity contribution >= 4 is 21.6 Å². The van der Waals surface area contributed by atoms with Crippen LogP contribution in [0.4, 0.5) is 5.69 Å². The van der Waals surface area contributed by atoms with Gasteiger partial charge in [0.15, 0.2) is 0 Å². The standard InChI is InChI=1S/C17H17BrN2/c18-16-9-10-17(15(12-16)13-19)20-11-5-4-8-14-6-2-1-3-7-14/h1-3,6-7,9-10,12,20H,4-5,8,11H2. The lowest BCUT2D eigenvalue weighted by atomic mass is 10.1. The Hall–Kier alpha value is -1.79. The Morgan fingerprint density at radius 3 is 2.60 bits per heavy atom. The molecule has 0 atom stereocenters. The molecular weight excluding hydrogens is 312 g/mol. The number of nitrogens with zero attached hydrogens (tertiary/aromatic N) is 1. The topological polar surface area (TPSA) is 35.8 Å². The third kappa shape index (κ3) is 4.40. The predicted molar refractivity (Wildman–Crippen MR) is 86.7 cm³/mol. The van der Waals surface area contributed by atoms with E-state index < -0.39 is 0 Å². The normalized spacial score (nSPS) is 10.0. The third-order valence-electron chi connectivity index (χ3n) is 3.15. The Morgan fingerprint density at radius 2 is 1.85 bits per heavy atom. The van der Waals surface area contributed by atoms with E-state index >= 15 is 0 Å². The first kappa shape index (κ1) is 14.6. The largest absolute Gasteiger partial charge is 0.384 e. The summed E-state index contributed by atoms with van der Waals surface area (Å²) in [6, 6.07) is 18.5. The molecule has 0 saturated carbocycles. The highest BCUT2D eigenvalue weighted by Crippen LogP contribution is 2.20. The van der Waals surface area contributed by atoms with E-state index in [4.69, 9.17) is 5.26 Å². The maximum atomic E-state index is 9.08. The average molecular weight is 329 g/mol. The number of halogens is 1. The van der Waals surface area contributed by atoms with E-state index in [1.807, 2.05) is 24.3 Å². The van der Waals surface area contributed by atoms with Crippen LogP contribution in [0.3, 0.4) is 0 Å². The number of hydrogen-bond acceptors (Lipinski definition) is 2. The molecule has 2 rings (SSSR count). The molecule has 2 aromatic rings. The van der Waals surface area contributed by atoms with Crippen LogP contribution in [0.5, 0.6) is 0 Å². The third-order valence-corrected chi connectivity index (χ3v) is 3.65. The SMILES string of the molecule is N#Cc1cc(Br)ccc1NCCCCc1ccccc1. The van der Waals surface area contributed by atoms with Gasteiger partial charge in [-0.3, -0.25) is 0 Å². The number of aryl methyl sites for hydroxylation is 1. The van der Waals surface area contributed by atoms with Gasteiger partial charge in [0, 0.05) is 11.0 Å². The molecule has 0 aromatic heterocycles. The van der Waals surface area contributed by atoms with Crippen LogP contribution in [0, 0.1) is 11.3 Å². The fourth-order valence-corrected chi connectivity index (χ4v) is 2.45. The first-order chi connectivity index (χ1) is 9.79. The molecule has 3 heteroatoms. The molecule has 0 bridgehead atoms. The van der Waals surface area contributed by atoms with Crippen molar-refractivity contribution in [3.63, 3.8) is 0 Å². The summed E-state index contributed by atoms with van der Waals surface area (Å²) in [5, 5.41) is 12.4. The van der Waals surface area contributed by atoms with Crippen molar-refractivity contribution in [2.24, 2.45) is 0 Å². The van der Waals surface area contributed by atoms with Crippen LogP contribution in [-0.4, -0.2) is 6.54 Å².